The first-order valence-corrected chi connectivity index (χ1v) is 3.69. The Balaban J connectivity index is 2.63. The van der Waals surface area contributed by atoms with Crippen LogP contribution in [0.25, 0.3) is 0 Å². The van der Waals surface area contributed by atoms with Gasteiger partial charge in [-0.3, -0.25) is 10.2 Å². The number of carbonyl (C=O) groups excluding carboxylic acids is 1. The highest BCUT2D eigenvalue weighted by Crippen LogP contribution is 2.14. The number of hydrogen-bond donors (Lipinski definition) is 1. The van der Waals surface area contributed by atoms with E-state index in [9.17, 15) is 4.79 Å². The van der Waals surface area contributed by atoms with Gasteiger partial charge in [0.05, 0.1) is 11.9 Å². The molecule has 0 aliphatic rings. The molecule has 62 valence electrons. The van der Waals surface area contributed by atoms with Crippen molar-refractivity contribution in [1.82, 2.24) is 0 Å². The minimum Gasteiger partial charge on any atom is -0.297 e. The lowest BCUT2D eigenvalue weighted by atomic mass is 10.3. The van der Waals surface area contributed by atoms with E-state index in [1.807, 2.05) is 0 Å². The maximum absolute atomic E-state index is 9.85. The van der Waals surface area contributed by atoms with Crippen LogP contribution in [0, 0.1) is 0 Å². The van der Waals surface area contributed by atoms with Crippen molar-refractivity contribution in [2.24, 2.45) is 5.10 Å². The zero-order chi connectivity index (χ0) is 8.81. The number of nitrogens with zero attached hydrogens (tertiary/aromatic N) is 1. The minimum atomic E-state index is 0.595. The van der Waals surface area contributed by atoms with E-state index in [0.29, 0.717) is 11.3 Å². The normalized spacial score (nSPS) is 10.1. The summed E-state index contributed by atoms with van der Waals surface area (Å²) in [5.74, 6) is 0. The van der Waals surface area contributed by atoms with E-state index in [4.69, 9.17) is 11.6 Å². The molecule has 0 aliphatic heterocycles. The summed E-state index contributed by atoms with van der Waals surface area (Å²) in [7, 11) is 0. The fourth-order valence-corrected chi connectivity index (χ4v) is 0.891. The second kappa shape index (κ2) is 4.51. The number of aldehydes is 1. The molecule has 1 rings (SSSR count). The van der Waals surface area contributed by atoms with E-state index >= 15 is 0 Å². The predicted octanol–water partition coefficient (Wildman–Crippen LogP) is 1.94. The third kappa shape index (κ3) is 2.72. The zero-order valence-electron chi connectivity index (χ0n) is 6.20. The van der Waals surface area contributed by atoms with Crippen molar-refractivity contribution >= 4 is 29.8 Å². The van der Waals surface area contributed by atoms with E-state index < -0.39 is 0 Å². The van der Waals surface area contributed by atoms with Crippen molar-refractivity contribution in [1.29, 1.82) is 0 Å². The molecule has 0 atom stereocenters. The molecule has 0 heterocycles. The van der Waals surface area contributed by atoms with Crippen molar-refractivity contribution in [2.75, 3.05) is 5.43 Å². The fourth-order valence-electron chi connectivity index (χ4n) is 0.700. The number of carbonyl (C=O) groups is 1. The summed E-state index contributed by atoms with van der Waals surface area (Å²) in [4.78, 5) is 9.85. The summed E-state index contributed by atoms with van der Waals surface area (Å²) in [6, 6.07) is 7.06. The maximum Gasteiger partial charge on any atom is 0.162 e. The Morgan fingerprint density at radius 3 is 3.00 bits per heavy atom. The largest absolute Gasteiger partial charge is 0.297 e. The molecule has 3 nitrogen and oxygen atoms in total. The van der Waals surface area contributed by atoms with Gasteiger partial charge < -0.3 is 0 Å². The molecular weight excluding hydrogens is 176 g/mol. The molecule has 0 saturated carbocycles. The van der Waals surface area contributed by atoms with Crippen molar-refractivity contribution in [2.45, 2.75) is 0 Å². The third-order valence-electron chi connectivity index (χ3n) is 1.15. The van der Waals surface area contributed by atoms with E-state index in [0.717, 1.165) is 11.9 Å². The summed E-state index contributed by atoms with van der Waals surface area (Å²) >= 11 is 5.70. The van der Waals surface area contributed by atoms with Gasteiger partial charge in [0.2, 0.25) is 0 Å². The van der Waals surface area contributed by atoms with Crippen LogP contribution in [-0.4, -0.2) is 12.5 Å². The van der Waals surface area contributed by atoms with Gasteiger partial charge in [-0.05, 0) is 18.2 Å². The Morgan fingerprint density at radius 2 is 2.33 bits per heavy atom. The highest BCUT2D eigenvalue weighted by Gasteiger charge is 1.89. The second-order valence-corrected chi connectivity index (χ2v) is 2.47. The number of hydrazone groups is 1. The van der Waals surface area contributed by atoms with E-state index in [-0.39, 0.29) is 0 Å². The van der Waals surface area contributed by atoms with Gasteiger partial charge in [-0.2, -0.15) is 5.10 Å². The smallest absolute Gasteiger partial charge is 0.162 e. The Labute approximate surface area is 75.0 Å². The Hall–Kier alpha value is -1.35. The Bertz CT molecular complexity index is 299. The Kier molecular flexibility index (Phi) is 3.29. The molecule has 0 spiro atoms. The summed E-state index contributed by atoms with van der Waals surface area (Å²) in [5.41, 5.74) is 3.39. The standard InChI is InChI=1S/C8H7ClN2O/c9-7-2-1-3-8(6-7)11-10-4-5-12/h1-6,11H/b10-4+. The predicted molar refractivity (Wildman–Crippen MR) is 49.6 cm³/mol. The first kappa shape index (κ1) is 8.74. The van der Waals surface area contributed by atoms with Gasteiger partial charge in [0.15, 0.2) is 6.29 Å². The summed E-state index contributed by atoms with van der Waals surface area (Å²) in [6.45, 7) is 0. The molecule has 0 fully saturated rings. The number of rotatable bonds is 3. The molecule has 4 heteroatoms. The Morgan fingerprint density at radius 1 is 1.50 bits per heavy atom. The quantitative estimate of drug-likeness (QED) is 0.441. The van der Waals surface area contributed by atoms with Crippen molar-refractivity contribution < 1.29 is 4.79 Å². The van der Waals surface area contributed by atoms with Gasteiger partial charge in [0, 0.05) is 5.02 Å². The molecular formula is C8H7ClN2O. The van der Waals surface area contributed by atoms with Gasteiger partial charge in [-0.15, -0.1) is 0 Å². The molecule has 0 aromatic heterocycles. The lowest BCUT2D eigenvalue weighted by molar-refractivity contribution is -0.102. The third-order valence-corrected chi connectivity index (χ3v) is 1.39. The van der Waals surface area contributed by atoms with Crippen LogP contribution in [0.5, 0.6) is 0 Å². The number of benzene rings is 1. The first-order chi connectivity index (χ1) is 5.83. The molecule has 1 N–H and O–H groups in total. The second-order valence-electron chi connectivity index (χ2n) is 2.04. The van der Waals surface area contributed by atoms with Crippen LogP contribution in [0.1, 0.15) is 0 Å². The molecule has 1 aromatic carbocycles. The average molecular weight is 183 g/mol. The molecule has 12 heavy (non-hydrogen) atoms. The topological polar surface area (TPSA) is 41.5 Å². The molecule has 0 aliphatic carbocycles. The number of halogens is 1. The van der Waals surface area contributed by atoms with E-state index in [1.54, 1.807) is 24.3 Å². The van der Waals surface area contributed by atoms with E-state index in [2.05, 4.69) is 10.5 Å². The number of nitrogens with one attached hydrogen (secondary N) is 1. The molecule has 0 bridgehead atoms. The monoisotopic (exact) mass is 182 g/mol. The van der Waals surface area contributed by atoms with Crippen LogP contribution < -0.4 is 5.43 Å². The molecule has 0 saturated heterocycles. The lowest BCUT2D eigenvalue weighted by Gasteiger charge is -1.98. The highest BCUT2D eigenvalue weighted by molar-refractivity contribution is 6.30. The molecule has 1 aromatic rings. The van der Waals surface area contributed by atoms with Gasteiger partial charge >= 0.3 is 0 Å². The van der Waals surface area contributed by atoms with Gasteiger partial charge in [0.1, 0.15) is 0 Å². The minimum absolute atomic E-state index is 0.595. The fraction of sp³-hybridized carbons (Fsp3) is 0. The summed E-state index contributed by atoms with van der Waals surface area (Å²) < 4.78 is 0. The van der Waals surface area contributed by atoms with Crippen molar-refractivity contribution in [3.63, 3.8) is 0 Å². The summed E-state index contributed by atoms with van der Waals surface area (Å²) in [6.07, 6.45) is 1.72. The van der Waals surface area contributed by atoms with Crippen LogP contribution in [0.4, 0.5) is 5.69 Å². The van der Waals surface area contributed by atoms with Crippen LogP contribution in [0.15, 0.2) is 29.4 Å². The van der Waals surface area contributed by atoms with Gasteiger partial charge in [-0.1, -0.05) is 17.7 Å². The molecule has 0 amide bonds. The van der Waals surface area contributed by atoms with Crippen LogP contribution >= 0.6 is 11.6 Å². The van der Waals surface area contributed by atoms with Crippen molar-refractivity contribution in [3.8, 4) is 0 Å². The maximum atomic E-state index is 9.85. The number of hydrogen-bond acceptors (Lipinski definition) is 3. The van der Waals surface area contributed by atoms with Gasteiger partial charge in [-0.25, -0.2) is 0 Å². The zero-order valence-corrected chi connectivity index (χ0v) is 6.95. The van der Waals surface area contributed by atoms with Gasteiger partial charge in [0.25, 0.3) is 0 Å². The average Bonchev–Trinajstić information content (AvgIpc) is 2.05. The molecule has 0 unspecified atom stereocenters. The van der Waals surface area contributed by atoms with E-state index in [1.165, 1.54) is 0 Å². The molecule has 0 radical (unpaired) electrons. The summed E-state index contributed by atoms with van der Waals surface area (Å²) in [5, 5.41) is 4.23. The van der Waals surface area contributed by atoms with Crippen LogP contribution in [0.2, 0.25) is 5.02 Å². The highest BCUT2D eigenvalue weighted by atomic mass is 35.5. The SMILES string of the molecule is O=C/C=N/Nc1cccc(Cl)c1. The lowest BCUT2D eigenvalue weighted by Crippen LogP contribution is -1.88. The van der Waals surface area contributed by atoms with Crippen molar-refractivity contribution in [3.05, 3.63) is 29.3 Å². The van der Waals surface area contributed by atoms with Crippen LogP contribution in [0.3, 0.4) is 0 Å². The number of anilines is 1. The van der Waals surface area contributed by atoms with Crippen LogP contribution in [-0.2, 0) is 4.79 Å². The first-order valence-electron chi connectivity index (χ1n) is 3.31.